The van der Waals surface area contributed by atoms with Crippen molar-refractivity contribution in [3.05, 3.63) is 46.5 Å². The van der Waals surface area contributed by atoms with Crippen LogP contribution in [0.5, 0.6) is 5.75 Å². The molecule has 1 unspecified atom stereocenters. The molecule has 2 heterocycles. The average Bonchev–Trinajstić information content (AvgIpc) is 2.71. The molecule has 0 saturated carbocycles. The number of anilines is 1. The van der Waals surface area contributed by atoms with Gasteiger partial charge in [-0.25, -0.2) is 8.42 Å². The fourth-order valence-corrected chi connectivity index (χ4v) is 5.96. The van der Waals surface area contributed by atoms with Crippen LogP contribution in [-0.2, 0) is 23.0 Å². The van der Waals surface area contributed by atoms with Gasteiger partial charge in [0.15, 0.2) is 0 Å². The van der Waals surface area contributed by atoms with Gasteiger partial charge in [-0.05, 0) is 82.7 Å². The molecule has 0 amide bonds. The van der Waals surface area contributed by atoms with E-state index in [2.05, 4.69) is 9.62 Å². The van der Waals surface area contributed by atoms with Crippen molar-refractivity contribution < 1.29 is 13.2 Å². The molecule has 5 rings (SSSR count). The number of nitrogens with zero attached hydrogens (tertiary/aromatic N) is 1. The molecule has 0 radical (unpaired) electrons. The summed E-state index contributed by atoms with van der Waals surface area (Å²) in [5.41, 5.74) is 3.27. The third kappa shape index (κ3) is 3.41. The van der Waals surface area contributed by atoms with E-state index in [1.807, 2.05) is 30.3 Å². The Kier molecular flexibility index (Phi) is 4.84. The molecule has 0 aromatic heterocycles. The number of sulfonamides is 1. The number of ether oxygens (including phenoxy) is 1. The Morgan fingerprint density at radius 3 is 2.63 bits per heavy atom. The van der Waals surface area contributed by atoms with Gasteiger partial charge in [-0.1, -0.05) is 24.1 Å². The highest BCUT2D eigenvalue weighted by molar-refractivity contribution is 7.92. The van der Waals surface area contributed by atoms with Crippen molar-refractivity contribution >= 4 is 48.9 Å². The van der Waals surface area contributed by atoms with Crippen molar-refractivity contribution in [2.24, 2.45) is 0 Å². The Labute approximate surface area is 182 Å². The molecule has 2 aliphatic rings. The third-order valence-corrected chi connectivity index (χ3v) is 7.37. The van der Waals surface area contributed by atoms with Crippen LogP contribution in [0.25, 0.3) is 21.5 Å². The van der Waals surface area contributed by atoms with E-state index >= 15 is 0 Å². The number of methoxy groups -OCH3 is 1. The van der Waals surface area contributed by atoms with Crippen LogP contribution in [0.2, 0.25) is 5.02 Å². The molecule has 0 spiro atoms. The van der Waals surface area contributed by atoms with Crippen molar-refractivity contribution in [3.63, 3.8) is 0 Å². The summed E-state index contributed by atoms with van der Waals surface area (Å²) in [6.07, 6.45) is 5.97. The van der Waals surface area contributed by atoms with Gasteiger partial charge in [0, 0.05) is 18.3 Å². The Morgan fingerprint density at radius 1 is 1.07 bits per heavy atom. The summed E-state index contributed by atoms with van der Waals surface area (Å²) in [4.78, 5) is 2.60. The van der Waals surface area contributed by atoms with Gasteiger partial charge < -0.3 is 4.74 Å². The molecule has 3 aromatic rings. The lowest BCUT2D eigenvalue weighted by Crippen LogP contribution is -2.43. The molecule has 1 saturated heterocycles. The number of halogens is 1. The first-order valence-corrected chi connectivity index (χ1v) is 12.6. The smallest absolute Gasteiger partial charge is 0.229 e. The molecule has 5 nitrogen and oxygen atoms in total. The number of benzene rings is 3. The molecular weight excluding hydrogens is 420 g/mol. The van der Waals surface area contributed by atoms with E-state index in [-0.39, 0.29) is 0 Å². The lowest BCUT2D eigenvalue weighted by atomic mass is 9.82. The average molecular weight is 445 g/mol. The van der Waals surface area contributed by atoms with Crippen molar-refractivity contribution in [2.45, 2.75) is 38.3 Å². The third-order valence-electron chi connectivity index (χ3n) is 6.47. The van der Waals surface area contributed by atoms with E-state index in [0.29, 0.717) is 22.5 Å². The zero-order chi connectivity index (χ0) is 21.0. The summed E-state index contributed by atoms with van der Waals surface area (Å²) >= 11 is 6.50. The van der Waals surface area contributed by atoms with Gasteiger partial charge in [0.2, 0.25) is 10.0 Å². The number of hydrogen-bond acceptors (Lipinski definition) is 4. The van der Waals surface area contributed by atoms with Gasteiger partial charge in [0.1, 0.15) is 5.75 Å². The van der Waals surface area contributed by atoms with Gasteiger partial charge in [-0.3, -0.25) is 9.62 Å². The summed E-state index contributed by atoms with van der Waals surface area (Å²) in [6, 6.07) is 10.4. The topological polar surface area (TPSA) is 58.6 Å². The summed E-state index contributed by atoms with van der Waals surface area (Å²) in [6.45, 7) is 2.07. The largest absolute Gasteiger partial charge is 0.495 e. The van der Waals surface area contributed by atoms with E-state index in [0.717, 1.165) is 35.7 Å². The summed E-state index contributed by atoms with van der Waals surface area (Å²) in [5.74, 6) is 0.669. The molecule has 0 bridgehead atoms. The second-order valence-corrected chi connectivity index (χ2v) is 10.6. The second-order valence-electron chi connectivity index (χ2n) is 8.45. The van der Waals surface area contributed by atoms with Crippen LogP contribution in [0.4, 0.5) is 5.69 Å². The van der Waals surface area contributed by atoms with Crippen molar-refractivity contribution in [1.82, 2.24) is 4.90 Å². The van der Waals surface area contributed by atoms with Crippen molar-refractivity contribution in [3.8, 4) is 5.75 Å². The van der Waals surface area contributed by atoms with Crippen LogP contribution in [-0.4, -0.2) is 39.3 Å². The van der Waals surface area contributed by atoms with E-state index in [4.69, 9.17) is 16.3 Å². The van der Waals surface area contributed by atoms with Crippen LogP contribution < -0.4 is 9.46 Å². The molecule has 1 atom stereocenters. The van der Waals surface area contributed by atoms with Crippen LogP contribution in [0, 0.1) is 0 Å². The Balaban J connectivity index is 1.81. The maximum Gasteiger partial charge on any atom is 0.229 e. The molecule has 1 N–H and O–H groups in total. The lowest BCUT2D eigenvalue weighted by Gasteiger charge is -2.41. The Morgan fingerprint density at radius 2 is 1.87 bits per heavy atom. The fourth-order valence-electron chi connectivity index (χ4n) is 5.17. The Bertz CT molecular complexity index is 1270. The van der Waals surface area contributed by atoms with E-state index < -0.39 is 10.0 Å². The zero-order valence-corrected chi connectivity index (χ0v) is 18.7. The highest BCUT2D eigenvalue weighted by Crippen LogP contribution is 2.43. The summed E-state index contributed by atoms with van der Waals surface area (Å²) in [5, 5.41) is 4.93. The van der Waals surface area contributed by atoms with Gasteiger partial charge in [-0.15, -0.1) is 0 Å². The maximum absolute atomic E-state index is 11.8. The van der Waals surface area contributed by atoms with Gasteiger partial charge in [-0.2, -0.15) is 0 Å². The monoisotopic (exact) mass is 444 g/mol. The molecular formula is C23H25ClN2O3S. The second kappa shape index (κ2) is 7.29. The zero-order valence-electron chi connectivity index (χ0n) is 17.2. The molecule has 7 heteroatoms. The first kappa shape index (κ1) is 19.9. The minimum Gasteiger partial charge on any atom is -0.495 e. The molecule has 3 aromatic carbocycles. The van der Waals surface area contributed by atoms with E-state index in [9.17, 15) is 8.42 Å². The quantitative estimate of drug-likeness (QED) is 0.581. The molecule has 30 heavy (non-hydrogen) atoms. The molecule has 158 valence electrons. The van der Waals surface area contributed by atoms with Gasteiger partial charge in [0.05, 0.1) is 18.4 Å². The van der Waals surface area contributed by atoms with Crippen molar-refractivity contribution in [2.75, 3.05) is 24.6 Å². The maximum atomic E-state index is 11.8. The Hall–Kier alpha value is -2.02. The number of hydrogen-bond donors (Lipinski definition) is 1. The van der Waals surface area contributed by atoms with Gasteiger partial charge >= 0.3 is 0 Å². The molecule has 2 aliphatic heterocycles. The number of nitrogens with one attached hydrogen (secondary N) is 1. The molecule has 0 aliphatic carbocycles. The number of rotatable bonds is 3. The summed E-state index contributed by atoms with van der Waals surface area (Å²) in [7, 11) is -1.72. The van der Waals surface area contributed by atoms with Crippen LogP contribution in [0.3, 0.4) is 0 Å². The fraction of sp³-hybridized carbons (Fsp3) is 0.391. The summed E-state index contributed by atoms with van der Waals surface area (Å²) < 4.78 is 31.7. The number of piperidine rings is 1. The van der Waals surface area contributed by atoms with E-state index in [1.165, 1.54) is 42.0 Å². The van der Waals surface area contributed by atoms with Crippen LogP contribution >= 0.6 is 11.6 Å². The lowest BCUT2D eigenvalue weighted by molar-refractivity contribution is 0.128. The standard InChI is InChI=1S/C23H25ClN2O3S/c1-29-23-12-20-18-10-15-5-3-4-8-26(15)13-21(18)16-7-6-14(25-30(2,27)28)9-17(16)19(20)11-22(23)24/h6-7,9,11-12,15,25H,3-5,8,10,13H2,1-2H3. The minimum absolute atomic E-state index is 0.558. The predicted octanol–water partition coefficient (Wildman–Crippen LogP) is 4.94. The minimum atomic E-state index is -3.36. The highest BCUT2D eigenvalue weighted by Gasteiger charge is 2.31. The van der Waals surface area contributed by atoms with Crippen LogP contribution in [0.1, 0.15) is 30.4 Å². The highest BCUT2D eigenvalue weighted by atomic mass is 35.5. The normalized spacial score (nSPS) is 19.5. The molecule has 1 fully saturated rings. The first-order valence-electron chi connectivity index (χ1n) is 10.3. The predicted molar refractivity (Wildman–Crippen MR) is 123 cm³/mol. The van der Waals surface area contributed by atoms with Crippen LogP contribution in [0.15, 0.2) is 30.3 Å². The van der Waals surface area contributed by atoms with Crippen molar-refractivity contribution in [1.29, 1.82) is 0 Å². The van der Waals surface area contributed by atoms with Gasteiger partial charge in [0.25, 0.3) is 0 Å². The first-order chi connectivity index (χ1) is 14.3. The van der Waals surface area contributed by atoms with E-state index in [1.54, 1.807) is 7.11 Å². The SMILES string of the molecule is COc1cc2c3c(c4ccc(NS(C)(=O)=O)cc4c2cc1Cl)CN1CCCCC1C3. The number of fused-ring (bicyclic) bond motifs is 7.